The predicted octanol–water partition coefficient (Wildman–Crippen LogP) is 7.90. The largest absolute Gasteiger partial charge is 0.347 e. The Balaban J connectivity index is 1.47. The van der Waals surface area contributed by atoms with Gasteiger partial charge in [-0.05, 0) is 66.4 Å². The molecule has 1 aliphatic carbocycles. The minimum atomic E-state index is 1.12. The quantitative estimate of drug-likeness (QED) is 0.267. The summed E-state index contributed by atoms with van der Waals surface area (Å²) in [5, 5.41) is 3.94. The first-order chi connectivity index (χ1) is 16.3. The summed E-state index contributed by atoms with van der Waals surface area (Å²) in [6, 6.07) is 33.2. The van der Waals surface area contributed by atoms with E-state index < -0.39 is 0 Å². The van der Waals surface area contributed by atoms with Gasteiger partial charge in [0.15, 0.2) is 0 Å². The van der Waals surface area contributed by atoms with Gasteiger partial charge in [0.1, 0.15) is 0 Å². The highest BCUT2D eigenvalue weighted by molar-refractivity contribution is 6.10. The average molecular weight is 425 g/mol. The standard InChI is InChI=1S/C31H24N2/c1-32-28-13-7-5-11-24(28)26-19-21(15-17-29(26)32)22-16-18-31-27(20-22)25-12-6-8-14-30(25)33(31)23-9-3-2-4-10-23/h2-6,8-12,14-20H,7,13H2,1H3. The molecule has 2 aromatic heterocycles. The topological polar surface area (TPSA) is 9.86 Å². The van der Waals surface area contributed by atoms with E-state index in [1.165, 1.54) is 60.8 Å². The van der Waals surface area contributed by atoms with Crippen LogP contribution in [0.5, 0.6) is 0 Å². The maximum absolute atomic E-state index is 2.38. The van der Waals surface area contributed by atoms with Crippen molar-refractivity contribution in [3.8, 4) is 16.8 Å². The number of aryl methyl sites for hydroxylation is 1. The van der Waals surface area contributed by atoms with Crippen molar-refractivity contribution >= 4 is 38.8 Å². The molecule has 0 aliphatic heterocycles. The Morgan fingerprint density at radius 1 is 0.636 bits per heavy atom. The van der Waals surface area contributed by atoms with Gasteiger partial charge in [-0.15, -0.1) is 0 Å². The highest BCUT2D eigenvalue weighted by atomic mass is 15.0. The van der Waals surface area contributed by atoms with Crippen LogP contribution < -0.4 is 0 Å². The molecule has 0 radical (unpaired) electrons. The second-order valence-corrected chi connectivity index (χ2v) is 9.01. The molecule has 158 valence electrons. The first-order valence-corrected chi connectivity index (χ1v) is 11.7. The van der Waals surface area contributed by atoms with Gasteiger partial charge in [0.2, 0.25) is 0 Å². The van der Waals surface area contributed by atoms with Crippen LogP contribution in [0.2, 0.25) is 0 Å². The molecule has 0 atom stereocenters. The minimum absolute atomic E-state index is 1.12. The number of fused-ring (bicyclic) bond motifs is 6. The van der Waals surface area contributed by atoms with Gasteiger partial charge in [0.05, 0.1) is 11.0 Å². The van der Waals surface area contributed by atoms with E-state index in [0.717, 1.165) is 12.8 Å². The number of hydrogen-bond donors (Lipinski definition) is 0. The van der Waals surface area contributed by atoms with Gasteiger partial charge in [0, 0.05) is 45.7 Å². The van der Waals surface area contributed by atoms with Crippen molar-refractivity contribution < 1.29 is 0 Å². The predicted molar refractivity (Wildman–Crippen MR) is 140 cm³/mol. The molecule has 1 aliphatic rings. The SMILES string of the molecule is Cn1c2c(c3cc(-c4ccc5c(c4)c4ccccc4n5-c4ccccc4)ccc31)C=CCC2. The lowest BCUT2D eigenvalue weighted by atomic mass is 9.98. The van der Waals surface area contributed by atoms with Crippen molar-refractivity contribution in [1.82, 2.24) is 9.13 Å². The molecule has 2 nitrogen and oxygen atoms in total. The third kappa shape index (κ3) is 2.67. The molecule has 7 rings (SSSR count). The zero-order chi connectivity index (χ0) is 21.9. The lowest BCUT2D eigenvalue weighted by Gasteiger charge is -2.08. The Hall–Kier alpha value is -4.04. The number of para-hydroxylation sites is 2. The number of benzene rings is 4. The Kier molecular flexibility index (Phi) is 3.92. The van der Waals surface area contributed by atoms with Crippen LogP contribution in [0.3, 0.4) is 0 Å². The molecule has 2 heteroatoms. The smallest absolute Gasteiger partial charge is 0.0541 e. The first kappa shape index (κ1) is 18.5. The van der Waals surface area contributed by atoms with E-state index in [9.17, 15) is 0 Å². The molecule has 0 amide bonds. The minimum Gasteiger partial charge on any atom is -0.347 e. The van der Waals surface area contributed by atoms with Crippen LogP contribution in [-0.4, -0.2) is 9.13 Å². The van der Waals surface area contributed by atoms with Gasteiger partial charge in [-0.2, -0.15) is 0 Å². The van der Waals surface area contributed by atoms with E-state index in [4.69, 9.17) is 0 Å². The van der Waals surface area contributed by atoms with Gasteiger partial charge < -0.3 is 9.13 Å². The van der Waals surface area contributed by atoms with Crippen molar-refractivity contribution in [2.75, 3.05) is 0 Å². The van der Waals surface area contributed by atoms with Crippen LogP contribution in [0.1, 0.15) is 17.7 Å². The first-order valence-electron chi connectivity index (χ1n) is 11.7. The molecule has 0 spiro atoms. The van der Waals surface area contributed by atoms with Crippen molar-refractivity contribution in [1.29, 1.82) is 0 Å². The van der Waals surface area contributed by atoms with E-state index in [0.29, 0.717) is 0 Å². The molecular formula is C31H24N2. The van der Waals surface area contributed by atoms with E-state index in [2.05, 4.69) is 119 Å². The van der Waals surface area contributed by atoms with Gasteiger partial charge >= 0.3 is 0 Å². The van der Waals surface area contributed by atoms with Crippen molar-refractivity contribution in [3.05, 3.63) is 108 Å². The van der Waals surface area contributed by atoms with E-state index in [-0.39, 0.29) is 0 Å². The fourth-order valence-corrected chi connectivity index (χ4v) is 5.62. The molecule has 33 heavy (non-hydrogen) atoms. The maximum atomic E-state index is 2.38. The molecule has 4 aromatic carbocycles. The Morgan fingerprint density at radius 3 is 2.18 bits per heavy atom. The number of hydrogen-bond acceptors (Lipinski definition) is 0. The fraction of sp³-hybridized carbons (Fsp3) is 0.0968. The van der Waals surface area contributed by atoms with E-state index in [1.807, 2.05) is 0 Å². The molecule has 0 fully saturated rings. The molecule has 0 unspecified atom stereocenters. The summed E-state index contributed by atoms with van der Waals surface area (Å²) < 4.78 is 4.74. The number of rotatable bonds is 2. The average Bonchev–Trinajstić information content (AvgIpc) is 3.36. The second-order valence-electron chi connectivity index (χ2n) is 9.01. The maximum Gasteiger partial charge on any atom is 0.0541 e. The number of aromatic nitrogens is 2. The Labute approximate surface area is 193 Å². The normalized spacial score (nSPS) is 13.2. The summed E-state index contributed by atoms with van der Waals surface area (Å²) >= 11 is 0. The molecule has 0 saturated heterocycles. The summed E-state index contributed by atoms with van der Waals surface area (Å²) in [5.41, 5.74) is 10.4. The van der Waals surface area contributed by atoms with Gasteiger partial charge in [-0.3, -0.25) is 0 Å². The summed E-state index contributed by atoms with van der Waals surface area (Å²) in [5.74, 6) is 0. The zero-order valence-electron chi connectivity index (χ0n) is 18.6. The number of allylic oxidation sites excluding steroid dienone is 1. The third-order valence-corrected chi connectivity index (χ3v) is 7.22. The fourth-order valence-electron chi connectivity index (χ4n) is 5.62. The van der Waals surface area contributed by atoms with Crippen molar-refractivity contribution in [2.45, 2.75) is 12.8 Å². The van der Waals surface area contributed by atoms with Gasteiger partial charge in [-0.25, -0.2) is 0 Å². The molecule has 6 aromatic rings. The lowest BCUT2D eigenvalue weighted by molar-refractivity contribution is 0.824. The molecule has 2 heterocycles. The molecule has 0 bridgehead atoms. The van der Waals surface area contributed by atoms with Crippen LogP contribution in [-0.2, 0) is 13.5 Å². The van der Waals surface area contributed by atoms with Gasteiger partial charge in [0.25, 0.3) is 0 Å². The monoisotopic (exact) mass is 424 g/mol. The lowest BCUT2D eigenvalue weighted by Crippen LogP contribution is -1.99. The summed E-state index contributed by atoms with van der Waals surface area (Å²) in [6.45, 7) is 0. The summed E-state index contributed by atoms with van der Waals surface area (Å²) in [4.78, 5) is 0. The van der Waals surface area contributed by atoms with E-state index >= 15 is 0 Å². The van der Waals surface area contributed by atoms with E-state index in [1.54, 1.807) is 0 Å². The molecule has 0 saturated carbocycles. The van der Waals surface area contributed by atoms with Crippen LogP contribution in [0, 0.1) is 0 Å². The summed E-state index contributed by atoms with van der Waals surface area (Å²) in [6.07, 6.45) is 6.87. The molecule has 0 N–H and O–H groups in total. The highest BCUT2D eigenvalue weighted by Crippen LogP contribution is 2.37. The number of nitrogens with zero attached hydrogens (tertiary/aromatic N) is 2. The molecular weight excluding hydrogens is 400 g/mol. The van der Waals surface area contributed by atoms with Crippen LogP contribution >= 0.6 is 0 Å². The van der Waals surface area contributed by atoms with Crippen LogP contribution in [0.4, 0.5) is 0 Å². The highest BCUT2D eigenvalue weighted by Gasteiger charge is 2.17. The van der Waals surface area contributed by atoms with Crippen molar-refractivity contribution in [2.24, 2.45) is 7.05 Å². The second kappa shape index (κ2) is 6.98. The van der Waals surface area contributed by atoms with Gasteiger partial charge in [-0.1, -0.05) is 60.7 Å². The van der Waals surface area contributed by atoms with Crippen LogP contribution in [0.25, 0.3) is 55.6 Å². The van der Waals surface area contributed by atoms with Crippen LogP contribution in [0.15, 0.2) is 97.1 Å². The van der Waals surface area contributed by atoms with Crippen molar-refractivity contribution in [3.63, 3.8) is 0 Å². The third-order valence-electron chi connectivity index (χ3n) is 7.22. The summed E-state index contributed by atoms with van der Waals surface area (Å²) in [7, 11) is 2.20. The Bertz CT molecular complexity index is 1710. The Morgan fingerprint density at radius 2 is 1.33 bits per heavy atom. The zero-order valence-corrected chi connectivity index (χ0v) is 18.6.